The van der Waals surface area contributed by atoms with Crippen LogP contribution in [-0.2, 0) is 14.9 Å². The van der Waals surface area contributed by atoms with Crippen LogP contribution in [0.2, 0.25) is 0 Å². The topological polar surface area (TPSA) is 79.0 Å². The second-order valence-corrected chi connectivity index (χ2v) is 7.73. The van der Waals surface area contributed by atoms with Crippen molar-refractivity contribution in [1.82, 2.24) is 13.9 Å². The van der Waals surface area contributed by atoms with Crippen molar-refractivity contribution in [2.45, 2.75) is 38.8 Å². The van der Waals surface area contributed by atoms with Crippen LogP contribution >= 0.6 is 0 Å². The van der Waals surface area contributed by atoms with Gasteiger partial charge in [-0.2, -0.15) is 17.4 Å². The van der Waals surface area contributed by atoms with Crippen LogP contribution in [0.5, 0.6) is 0 Å². The van der Waals surface area contributed by atoms with E-state index in [0.29, 0.717) is 19.5 Å². The third kappa shape index (κ3) is 4.96. The number of hydrogen-bond donors (Lipinski definition) is 1. The van der Waals surface area contributed by atoms with Crippen LogP contribution in [0.4, 0.5) is 4.79 Å². The standard InChI is InChI=1S/C11H23N3O4S/c1-11(2,3)18-10(15)14-7-6-9(8-14)12-19(16,17)13(4)5/h9,12H,6-8H2,1-5H3/t9-/m1/s1. The van der Waals surface area contributed by atoms with Crippen molar-refractivity contribution in [3.05, 3.63) is 0 Å². The van der Waals surface area contributed by atoms with Crippen LogP contribution in [0.15, 0.2) is 0 Å². The van der Waals surface area contributed by atoms with Crippen LogP contribution in [0.3, 0.4) is 0 Å². The summed E-state index contributed by atoms with van der Waals surface area (Å²) in [7, 11) is -0.539. The summed E-state index contributed by atoms with van der Waals surface area (Å²) in [5.74, 6) is 0. The van der Waals surface area contributed by atoms with Gasteiger partial charge in [0.25, 0.3) is 10.2 Å². The maximum atomic E-state index is 11.8. The molecular formula is C11H23N3O4S. The average Bonchev–Trinajstić information content (AvgIpc) is 2.62. The largest absolute Gasteiger partial charge is 0.444 e. The van der Waals surface area contributed by atoms with Crippen LogP contribution in [0, 0.1) is 0 Å². The summed E-state index contributed by atoms with van der Waals surface area (Å²) in [6, 6.07) is -0.264. The number of nitrogens with zero attached hydrogens (tertiary/aromatic N) is 2. The van der Waals surface area contributed by atoms with E-state index in [9.17, 15) is 13.2 Å². The van der Waals surface area contributed by atoms with Crippen LogP contribution in [0.25, 0.3) is 0 Å². The Balaban J connectivity index is 2.53. The molecule has 1 rings (SSSR count). The highest BCUT2D eigenvalue weighted by atomic mass is 32.2. The molecule has 1 saturated heterocycles. The molecule has 0 spiro atoms. The second kappa shape index (κ2) is 5.64. The van der Waals surface area contributed by atoms with Gasteiger partial charge in [0, 0.05) is 33.2 Å². The number of amides is 1. The Morgan fingerprint density at radius 3 is 2.42 bits per heavy atom. The van der Waals surface area contributed by atoms with Gasteiger partial charge in [-0.25, -0.2) is 4.79 Å². The summed E-state index contributed by atoms with van der Waals surface area (Å²) in [6.45, 7) is 6.23. The number of nitrogens with one attached hydrogen (secondary N) is 1. The van der Waals surface area contributed by atoms with Gasteiger partial charge < -0.3 is 9.64 Å². The van der Waals surface area contributed by atoms with E-state index >= 15 is 0 Å². The number of carbonyl (C=O) groups is 1. The Labute approximate surface area is 115 Å². The van der Waals surface area contributed by atoms with Crippen molar-refractivity contribution in [3.63, 3.8) is 0 Å². The molecule has 1 aliphatic rings. The fourth-order valence-corrected chi connectivity index (χ4v) is 2.49. The van der Waals surface area contributed by atoms with Crippen molar-refractivity contribution in [2.24, 2.45) is 0 Å². The summed E-state index contributed by atoms with van der Waals surface area (Å²) in [6.07, 6.45) is 0.186. The number of hydrogen-bond acceptors (Lipinski definition) is 4. The quantitative estimate of drug-likeness (QED) is 0.816. The van der Waals surface area contributed by atoms with E-state index < -0.39 is 21.9 Å². The molecule has 0 aromatic carbocycles. The van der Waals surface area contributed by atoms with Crippen molar-refractivity contribution < 1.29 is 17.9 Å². The van der Waals surface area contributed by atoms with Gasteiger partial charge in [-0.1, -0.05) is 0 Å². The first kappa shape index (κ1) is 16.2. The van der Waals surface area contributed by atoms with Crippen molar-refractivity contribution in [3.8, 4) is 0 Å². The summed E-state index contributed by atoms with van der Waals surface area (Å²) < 4.78 is 32.3. The lowest BCUT2D eigenvalue weighted by Gasteiger charge is -2.24. The molecule has 0 unspecified atom stereocenters. The molecule has 8 heteroatoms. The number of rotatable bonds is 3. The molecule has 1 N–H and O–H groups in total. The minimum atomic E-state index is -3.46. The first-order chi connectivity index (χ1) is 8.51. The molecule has 1 amide bonds. The van der Waals surface area contributed by atoms with Crippen molar-refractivity contribution >= 4 is 16.3 Å². The van der Waals surface area contributed by atoms with E-state index in [2.05, 4.69) is 4.72 Å². The van der Waals surface area contributed by atoms with E-state index in [-0.39, 0.29) is 6.04 Å². The summed E-state index contributed by atoms with van der Waals surface area (Å²) in [5.41, 5.74) is -0.543. The zero-order valence-electron chi connectivity index (χ0n) is 12.1. The highest BCUT2D eigenvalue weighted by molar-refractivity contribution is 7.87. The smallest absolute Gasteiger partial charge is 0.410 e. The number of likely N-dealkylation sites (tertiary alicyclic amines) is 1. The normalized spacial score (nSPS) is 20.9. The lowest BCUT2D eigenvalue weighted by molar-refractivity contribution is 0.0292. The fraction of sp³-hybridized carbons (Fsp3) is 0.909. The van der Waals surface area contributed by atoms with Crippen molar-refractivity contribution in [2.75, 3.05) is 27.2 Å². The molecule has 0 aromatic rings. The molecule has 0 aromatic heterocycles. The van der Waals surface area contributed by atoms with Gasteiger partial charge in [0.2, 0.25) is 0 Å². The monoisotopic (exact) mass is 293 g/mol. The Hall–Kier alpha value is -0.860. The van der Waals surface area contributed by atoms with E-state index in [4.69, 9.17) is 4.74 Å². The highest BCUT2D eigenvalue weighted by Crippen LogP contribution is 2.15. The third-order valence-electron chi connectivity index (χ3n) is 2.64. The molecule has 112 valence electrons. The Bertz CT molecular complexity index is 428. The molecule has 7 nitrogen and oxygen atoms in total. The van der Waals surface area contributed by atoms with Gasteiger partial charge in [-0.15, -0.1) is 0 Å². The van der Waals surface area contributed by atoms with Crippen LogP contribution < -0.4 is 4.72 Å². The first-order valence-corrected chi connectivity index (χ1v) is 7.63. The van der Waals surface area contributed by atoms with Gasteiger partial charge in [0.15, 0.2) is 0 Å². The molecule has 0 radical (unpaired) electrons. The highest BCUT2D eigenvalue weighted by Gasteiger charge is 2.32. The van der Waals surface area contributed by atoms with Gasteiger partial charge >= 0.3 is 6.09 Å². The number of carbonyl (C=O) groups excluding carboxylic acids is 1. The zero-order chi connectivity index (χ0) is 14.8. The zero-order valence-corrected chi connectivity index (χ0v) is 13.0. The lowest BCUT2D eigenvalue weighted by Crippen LogP contribution is -2.44. The van der Waals surface area contributed by atoms with E-state index in [1.165, 1.54) is 19.0 Å². The summed E-state index contributed by atoms with van der Waals surface area (Å²) in [5, 5.41) is 0. The Morgan fingerprint density at radius 2 is 1.95 bits per heavy atom. The van der Waals surface area contributed by atoms with Gasteiger partial charge in [-0.05, 0) is 27.2 Å². The van der Waals surface area contributed by atoms with E-state index in [0.717, 1.165) is 4.31 Å². The minimum absolute atomic E-state index is 0.264. The SMILES string of the molecule is CN(C)S(=O)(=O)N[C@@H]1CCN(C(=O)OC(C)(C)C)C1. The molecule has 1 fully saturated rings. The van der Waals surface area contributed by atoms with Gasteiger partial charge in [0.1, 0.15) is 5.60 Å². The number of ether oxygens (including phenoxy) is 1. The van der Waals surface area contributed by atoms with Crippen molar-refractivity contribution in [1.29, 1.82) is 0 Å². The minimum Gasteiger partial charge on any atom is -0.444 e. The lowest BCUT2D eigenvalue weighted by atomic mass is 10.2. The average molecular weight is 293 g/mol. The Kier molecular flexibility index (Phi) is 4.81. The molecule has 1 aliphatic heterocycles. The van der Waals surface area contributed by atoms with Crippen LogP contribution in [0.1, 0.15) is 27.2 Å². The molecule has 1 atom stereocenters. The third-order valence-corrected chi connectivity index (χ3v) is 4.23. The Morgan fingerprint density at radius 1 is 1.37 bits per heavy atom. The second-order valence-electron chi connectivity index (χ2n) is 5.82. The van der Waals surface area contributed by atoms with Gasteiger partial charge in [-0.3, -0.25) is 0 Å². The molecule has 19 heavy (non-hydrogen) atoms. The first-order valence-electron chi connectivity index (χ1n) is 6.19. The predicted octanol–water partition coefficient (Wildman–Crippen LogP) is 0.392. The predicted molar refractivity (Wildman–Crippen MR) is 72.0 cm³/mol. The summed E-state index contributed by atoms with van der Waals surface area (Å²) in [4.78, 5) is 13.3. The molecule has 0 aliphatic carbocycles. The molecule has 1 heterocycles. The molecular weight excluding hydrogens is 270 g/mol. The fourth-order valence-electron chi connectivity index (χ4n) is 1.66. The van der Waals surface area contributed by atoms with Gasteiger partial charge in [0.05, 0.1) is 0 Å². The molecule has 0 saturated carbocycles. The van der Waals surface area contributed by atoms with Crippen LogP contribution in [-0.4, -0.2) is 62.5 Å². The van der Waals surface area contributed by atoms with E-state index in [1.807, 2.05) is 0 Å². The maximum absolute atomic E-state index is 11.8. The van der Waals surface area contributed by atoms with E-state index in [1.54, 1.807) is 20.8 Å². The molecule has 0 bridgehead atoms. The maximum Gasteiger partial charge on any atom is 0.410 e. The summed E-state index contributed by atoms with van der Waals surface area (Å²) >= 11 is 0.